The summed E-state index contributed by atoms with van der Waals surface area (Å²) in [4.78, 5) is 25.8. The van der Waals surface area contributed by atoms with E-state index in [-0.39, 0.29) is 34.5 Å². The molecule has 8 nitrogen and oxygen atoms in total. The van der Waals surface area contributed by atoms with E-state index in [1.165, 1.54) is 12.1 Å². The molecular formula is C15H24ClN5O3. The molecule has 24 heavy (non-hydrogen) atoms. The molecule has 0 spiro atoms. The number of carbonyl (C=O) groups excluding carboxylic acids is 2. The maximum absolute atomic E-state index is 12.4. The van der Waals surface area contributed by atoms with Crippen LogP contribution in [0.15, 0.2) is 12.1 Å². The highest BCUT2D eigenvalue weighted by atomic mass is 35.5. The highest BCUT2D eigenvalue weighted by molar-refractivity contribution is 6.33. The zero-order valence-electron chi connectivity index (χ0n) is 13.9. The van der Waals surface area contributed by atoms with Crippen LogP contribution < -0.4 is 27.1 Å². The van der Waals surface area contributed by atoms with Crippen LogP contribution in [0, 0.1) is 0 Å². The summed E-state index contributed by atoms with van der Waals surface area (Å²) in [5, 5.41) is 3.04. The molecule has 0 aliphatic rings. The van der Waals surface area contributed by atoms with Crippen molar-refractivity contribution in [1.29, 1.82) is 0 Å². The first-order chi connectivity index (χ1) is 11.4. The number of hydrogen-bond acceptors (Lipinski definition) is 6. The van der Waals surface area contributed by atoms with Gasteiger partial charge in [0.05, 0.1) is 16.3 Å². The lowest BCUT2D eigenvalue weighted by Crippen LogP contribution is -2.36. The fraction of sp³-hybridized carbons (Fsp3) is 0.467. The largest absolute Gasteiger partial charge is 0.483 e. The van der Waals surface area contributed by atoms with Crippen LogP contribution in [-0.2, 0) is 4.79 Å². The van der Waals surface area contributed by atoms with Crippen molar-refractivity contribution >= 4 is 29.1 Å². The minimum Gasteiger partial charge on any atom is -0.483 e. The van der Waals surface area contributed by atoms with Crippen LogP contribution in [0.3, 0.4) is 0 Å². The molecule has 0 aromatic heterocycles. The molecule has 1 aromatic rings. The number of hydrogen-bond donors (Lipinski definition) is 4. The first kappa shape index (κ1) is 20.0. The fourth-order valence-electron chi connectivity index (χ4n) is 2.01. The molecule has 2 amide bonds. The molecule has 0 aliphatic carbocycles. The fourth-order valence-corrected chi connectivity index (χ4v) is 2.18. The molecule has 0 aliphatic heterocycles. The standard InChI is InChI=1S/C15H24ClN5O3/c1-3-21(4-2)6-5-19-15(23)10-7-11(16)12(17)8-13(10)24-9-14(22)20-18/h7-8H,3-6,9,17-18H2,1-2H3,(H,19,23)(H,20,22). The Morgan fingerprint density at radius 2 is 1.96 bits per heavy atom. The molecule has 6 N–H and O–H groups in total. The molecule has 1 rings (SSSR count). The molecule has 0 bridgehead atoms. The number of anilines is 1. The topological polar surface area (TPSA) is 123 Å². The third-order valence-corrected chi connectivity index (χ3v) is 3.80. The van der Waals surface area contributed by atoms with Crippen molar-refractivity contribution in [3.63, 3.8) is 0 Å². The average molecular weight is 358 g/mol. The van der Waals surface area contributed by atoms with Crippen LogP contribution in [0.2, 0.25) is 5.02 Å². The number of nitrogen functional groups attached to an aromatic ring is 1. The number of nitrogens with one attached hydrogen (secondary N) is 2. The molecule has 0 fully saturated rings. The summed E-state index contributed by atoms with van der Waals surface area (Å²) >= 11 is 5.98. The first-order valence-electron chi connectivity index (χ1n) is 7.64. The zero-order valence-corrected chi connectivity index (χ0v) is 14.7. The second-order valence-corrected chi connectivity index (χ2v) is 5.42. The van der Waals surface area contributed by atoms with E-state index >= 15 is 0 Å². The number of rotatable bonds is 9. The van der Waals surface area contributed by atoms with Crippen molar-refractivity contribution < 1.29 is 14.3 Å². The van der Waals surface area contributed by atoms with Crippen molar-refractivity contribution in [2.45, 2.75) is 13.8 Å². The highest BCUT2D eigenvalue weighted by Gasteiger charge is 2.16. The summed E-state index contributed by atoms with van der Waals surface area (Å²) in [5.74, 6) is 4.28. The van der Waals surface area contributed by atoms with Crippen molar-refractivity contribution in [2.24, 2.45) is 5.84 Å². The van der Waals surface area contributed by atoms with Crippen LogP contribution in [0.4, 0.5) is 5.69 Å². The highest BCUT2D eigenvalue weighted by Crippen LogP contribution is 2.29. The Balaban J connectivity index is 2.81. The number of nitrogens with two attached hydrogens (primary N) is 2. The molecular weight excluding hydrogens is 334 g/mol. The summed E-state index contributed by atoms with van der Waals surface area (Å²) in [5.41, 5.74) is 8.13. The van der Waals surface area contributed by atoms with Gasteiger partial charge in [-0.3, -0.25) is 15.0 Å². The number of amides is 2. The number of halogens is 1. The van der Waals surface area contributed by atoms with Crippen molar-refractivity contribution in [3.8, 4) is 5.75 Å². The van der Waals surface area contributed by atoms with Gasteiger partial charge < -0.3 is 20.7 Å². The van der Waals surface area contributed by atoms with Gasteiger partial charge in [0.2, 0.25) is 0 Å². The molecule has 1 aromatic carbocycles. The Kier molecular flexibility index (Phi) is 8.31. The lowest BCUT2D eigenvalue weighted by atomic mass is 10.1. The number of likely N-dealkylation sites (N-methyl/N-ethyl adjacent to an activating group) is 1. The number of benzene rings is 1. The zero-order chi connectivity index (χ0) is 18.1. The Morgan fingerprint density at radius 1 is 1.29 bits per heavy atom. The third-order valence-electron chi connectivity index (χ3n) is 3.47. The van der Waals surface area contributed by atoms with Gasteiger partial charge in [0.15, 0.2) is 6.61 Å². The summed E-state index contributed by atoms with van der Waals surface area (Å²) in [6.07, 6.45) is 0. The van der Waals surface area contributed by atoms with Gasteiger partial charge in [-0.25, -0.2) is 5.84 Å². The van der Waals surface area contributed by atoms with Gasteiger partial charge in [-0.1, -0.05) is 25.4 Å². The SMILES string of the molecule is CCN(CC)CCNC(=O)c1cc(Cl)c(N)cc1OCC(=O)NN. The molecule has 9 heteroatoms. The van der Waals surface area contributed by atoms with Crippen LogP contribution in [0.1, 0.15) is 24.2 Å². The Bertz CT molecular complexity index is 578. The minimum atomic E-state index is -0.531. The van der Waals surface area contributed by atoms with E-state index in [1.807, 2.05) is 5.43 Å². The second-order valence-electron chi connectivity index (χ2n) is 5.01. The average Bonchev–Trinajstić information content (AvgIpc) is 2.58. The van der Waals surface area contributed by atoms with Crippen molar-refractivity contribution in [1.82, 2.24) is 15.6 Å². The van der Waals surface area contributed by atoms with Gasteiger partial charge in [-0.15, -0.1) is 0 Å². The van der Waals surface area contributed by atoms with E-state index in [2.05, 4.69) is 24.1 Å². The number of carbonyl (C=O) groups is 2. The number of nitrogens with zero attached hydrogens (tertiary/aromatic N) is 1. The quantitative estimate of drug-likeness (QED) is 0.219. The Hall–Kier alpha value is -2.03. The molecule has 0 unspecified atom stereocenters. The number of ether oxygens (including phenoxy) is 1. The lowest BCUT2D eigenvalue weighted by Gasteiger charge is -2.18. The molecule has 0 saturated heterocycles. The summed E-state index contributed by atoms with van der Waals surface area (Å²) in [7, 11) is 0. The van der Waals surface area contributed by atoms with E-state index in [0.29, 0.717) is 6.54 Å². The maximum atomic E-state index is 12.4. The van der Waals surface area contributed by atoms with E-state index in [1.54, 1.807) is 0 Å². The summed E-state index contributed by atoms with van der Waals surface area (Å²) in [6, 6.07) is 2.82. The predicted molar refractivity (Wildman–Crippen MR) is 93.8 cm³/mol. The molecule has 0 radical (unpaired) electrons. The van der Waals surface area contributed by atoms with Crippen molar-refractivity contribution in [3.05, 3.63) is 22.7 Å². The van der Waals surface area contributed by atoms with E-state index in [4.69, 9.17) is 27.9 Å². The molecule has 134 valence electrons. The Labute approximate surface area is 146 Å². The smallest absolute Gasteiger partial charge is 0.271 e. The predicted octanol–water partition coefficient (Wildman–Crippen LogP) is 0.363. The minimum absolute atomic E-state index is 0.167. The Morgan fingerprint density at radius 3 is 2.54 bits per heavy atom. The van der Waals surface area contributed by atoms with Crippen LogP contribution in [-0.4, -0.2) is 49.5 Å². The second kappa shape index (κ2) is 9.96. The summed E-state index contributed by atoms with van der Waals surface area (Å²) < 4.78 is 5.31. The van der Waals surface area contributed by atoms with Crippen LogP contribution in [0.25, 0.3) is 0 Å². The maximum Gasteiger partial charge on any atom is 0.271 e. The molecule has 0 atom stereocenters. The van der Waals surface area contributed by atoms with E-state index in [0.717, 1.165) is 19.6 Å². The van der Waals surface area contributed by atoms with Gasteiger partial charge in [-0.05, 0) is 19.2 Å². The lowest BCUT2D eigenvalue weighted by molar-refractivity contribution is -0.123. The van der Waals surface area contributed by atoms with Gasteiger partial charge in [-0.2, -0.15) is 0 Å². The normalized spacial score (nSPS) is 10.5. The monoisotopic (exact) mass is 357 g/mol. The molecule has 0 heterocycles. The third kappa shape index (κ3) is 5.88. The molecule has 0 saturated carbocycles. The summed E-state index contributed by atoms with van der Waals surface area (Å²) in [6.45, 7) is 6.79. The van der Waals surface area contributed by atoms with Gasteiger partial charge in [0.1, 0.15) is 5.75 Å². The van der Waals surface area contributed by atoms with Gasteiger partial charge in [0, 0.05) is 19.2 Å². The van der Waals surface area contributed by atoms with E-state index < -0.39 is 5.91 Å². The van der Waals surface area contributed by atoms with Gasteiger partial charge in [0.25, 0.3) is 11.8 Å². The van der Waals surface area contributed by atoms with Crippen LogP contribution >= 0.6 is 11.6 Å². The first-order valence-corrected chi connectivity index (χ1v) is 8.02. The van der Waals surface area contributed by atoms with Crippen molar-refractivity contribution in [2.75, 3.05) is 38.5 Å². The number of hydrazine groups is 1. The van der Waals surface area contributed by atoms with E-state index in [9.17, 15) is 9.59 Å². The van der Waals surface area contributed by atoms with Gasteiger partial charge >= 0.3 is 0 Å². The van der Waals surface area contributed by atoms with Crippen LogP contribution in [0.5, 0.6) is 5.75 Å².